The average molecular weight is 583 g/mol. The molecule has 7 nitrogen and oxygen atoms in total. The third-order valence-electron chi connectivity index (χ3n) is 7.81. The van der Waals surface area contributed by atoms with Gasteiger partial charge in [0.15, 0.2) is 0 Å². The molecule has 0 N–H and O–H groups in total. The van der Waals surface area contributed by atoms with Gasteiger partial charge in [-0.25, -0.2) is 0 Å². The summed E-state index contributed by atoms with van der Waals surface area (Å²) < 4.78 is 22.9. The second-order valence-electron chi connectivity index (χ2n) is 10.7. The predicted molar refractivity (Wildman–Crippen MR) is 163 cm³/mol. The van der Waals surface area contributed by atoms with Crippen LogP contribution in [0.4, 0.5) is 5.69 Å². The van der Waals surface area contributed by atoms with E-state index < -0.39 is 11.4 Å². The van der Waals surface area contributed by atoms with Crippen molar-refractivity contribution in [3.05, 3.63) is 81.2 Å². The summed E-state index contributed by atoms with van der Waals surface area (Å²) in [6.07, 6.45) is 10.3. The zero-order chi connectivity index (χ0) is 27.9. The summed E-state index contributed by atoms with van der Waals surface area (Å²) in [5.74, 6) is 1.04. The first kappa shape index (κ1) is 29.0. The van der Waals surface area contributed by atoms with E-state index in [9.17, 15) is 9.35 Å². The van der Waals surface area contributed by atoms with Gasteiger partial charge in [-0.3, -0.25) is 4.79 Å². The van der Waals surface area contributed by atoms with Crippen molar-refractivity contribution < 1.29 is 9.29 Å². The minimum absolute atomic E-state index is 0.120. The van der Waals surface area contributed by atoms with Gasteiger partial charge in [0.2, 0.25) is 5.75 Å². The Hall–Kier alpha value is -2.52. The molecule has 1 aliphatic carbocycles. The standard InChI is InChI=1S/C31H39ClN4O3S/c1-2-3-4-5-6-9-19-40(38)35-17-15-34(16-18-35)29-23-33-36(27-14-10-13-26(32)22-27)31(37)30(29)39-28-20-24-11-7-8-12-25(24)21-28/h7-8,10-14,22-23,28H,2-6,9,15-21H2,1H3. The van der Waals surface area contributed by atoms with Crippen LogP contribution in [0.25, 0.3) is 5.69 Å². The van der Waals surface area contributed by atoms with E-state index >= 15 is 0 Å². The maximum Gasteiger partial charge on any atom is 0.316 e. The van der Waals surface area contributed by atoms with Crippen LogP contribution in [0.3, 0.4) is 0 Å². The monoisotopic (exact) mass is 582 g/mol. The molecular formula is C31H39ClN4O3S. The summed E-state index contributed by atoms with van der Waals surface area (Å²) in [6, 6.07) is 15.5. The van der Waals surface area contributed by atoms with E-state index in [1.54, 1.807) is 24.4 Å². The minimum atomic E-state index is -0.971. The van der Waals surface area contributed by atoms with Gasteiger partial charge in [0.25, 0.3) is 0 Å². The molecule has 5 rings (SSSR count). The second kappa shape index (κ2) is 13.9. The van der Waals surface area contributed by atoms with Gasteiger partial charge in [-0.05, 0) is 42.2 Å². The van der Waals surface area contributed by atoms with E-state index in [2.05, 4.69) is 33.4 Å². The number of ether oxygens (including phenoxy) is 1. The third-order valence-corrected chi connectivity index (χ3v) is 9.62. The van der Waals surface area contributed by atoms with Crippen molar-refractivity contribution in [2.75, 3.05) is 36.8 Å². The first-order chi connectivity index (χ1) is 19.5. The van der Waals surface area contributed by atoms with E-state index in [1.807, 2.05) is 18.2 Å². The van der Waals surface area contributed by atoms with Gasteiger partial charge >= 0.3 is 5.56 Å². The molecule has 1 fully saturated rings. The molecule has 214 valence electrons. The van der Waals surface area contributed by atoms with Crippen LogP contribution < -0.4 is 15.2 Å². The molecule has 3 aromatic rings. The van der Waals surface area contributed by atoms with Crippen LogP contribution in [-0.2, 0) is 24.2 Å². The number of benzene rings is 2. The Morgan fingerprint density at radius 2 is 1.68 bits per heavy atom. The van der Waals surface area contributed by atoms with Gasteiger partial charge in [0.1, 0.15) is 17.5 Å². The summed E-state index contributed by atoms with van der Waals surface area (Å²) in [7, 11) is 0. The lowest BCUT2D eigenvalue weighted by molar-refractivity contribution is 0.209. The van der Waals surface area contributed by atoms with Gasteiger partial charge in [-0.15, -0.1) is 4.31 Å². The lowest BCUT2D eigenvalue weighted by atomic mass is 10.1. The number of unbranched alkanes of at least 4 members (excludes halogenated alkanes) is 5. The SMILES string of the molecule is CCCCCCCC[S+]([O-])N1CCN(c2cnn(-c3cccc(Cl)c3)c(=O)c2OC2Cc3ccccc3C2)CC1. The number of piperazine rings is 1. The zero-order valence-electron chi connectivity index (χ0n) is 23.3. The lowest BCUT2D eigenvalue weighted by Crippen LogP contribution is -2.49. The van der Waals surface area contributed by atoms with Gasteiger partial charge in [-0.1, -0.05) is 74.5 Å². The first-order valence-corrected chi connectivity index (χ1v) is 16.2. The highest BCUT2D eigenvalue weighted by Gasteiger charge is 2.30. The van der Waals surface area contributed by atoms with E-state index in [0.29, 0.717) is 48.3 Å². The summed E-state index contributed by atoms with van der Waals surface area (Å²) >= 11 is 5.25. The Bertz CT molecular complexity index is 1300. The Morgan fingerprint density at radius 1 is 0.975 bits per heavy atom. The van der Waals surface area contributed by atoms with Crippen molar-refractivity contribution in [2.24, 2.45) is 0 Å². The second-order valence-corrected chi connectivity index (χ2v) is 12.7. The predicted octanol–water partition coefficient (Wildman–Crippen LogP) is 5.58. The molecule has 0 saturated carbocycles. The fraction of sp³-hybridized carbons (Fsp3) is 0.484. The molecule has 0 spiro atoms. The van der Waals surface area contributed by atoms with Crippen molar-refractivity contribution >= 4 is 28.7 Å². The number of halogens is 1. The Morgan fingerprint density at radius 3 is 2.38 bits per heavy atom. The number of fused-ring (bicyclic) bond motifs is 1. The number of nitrogens with zero attached hydrogens (tertiary/aromatic N) is 4. The minimum Gasteiger partial charge on any atom is -0.598 e. The van der Waals surface area contributed by atoms with Crippen LogP contribution in [0.15, 0.2) is 59.5 Å². The molecule has 1 aromatic heterocycles. The fourth-order valence-corrected chi connectivity index (χ4v) is 7.06. The zero-order valence-corrected chi connectivity index (χ0v) is 24.8. The van der Waals surface area contributed by atoms with Gasteiger partial charge in [0, 0.05) is 42.3 Å². The molecule has 2 heterocycles. The van der Waals surface area contributed by atoms with E-state index in [1.165, 1.54) is 41.5 Å². The van der Waals surface area contributed by atoms with E-state index in [-0.39, 0.29) is 11.7 Å². The lowest BCUT2D eigenvalue weighted by Gasteiger charge is -2.36. The molecule has 1 saturated heterocycles. The molecule has 0 amide bonds. The molecule has 2 aliphatic rings. The van der Waals surface area contributed by atoms with Crippen molar-refractivity contribution in [2.45, 2.75) is 64.4 Å². The topological polar surface area (TPSA) is 73.7 Å². The molecule has 1 unspecified atom stereocenters. The van der Waals surface area contributed by atoms with Gasteiger partial charge < -0.3 is 14.2 Å². The number of aromatic nitrogens is 2. The van der Waals surface area contributed by atoms with Crippen LogP contribution in [0.2, 0.25) is 5.02 Å². The average Bonchev–Trinajstić information content (AvgIpc) is 3.38. The third kappa shape index (κ3) is 7.03. The molecule has 1 atom stereocenters. The van der Waals surface area contributed by atoms with Gasteiger partial charge in [-0.2, -0.15) is 9.78 Å². The molecule has 0 bridgehead atoms. The molecular weight excluding hydrogens is 544 g/mol. The van der Waals surface area contributed by atoms with Crippen molar-refractivity contribution in [3.8, 4) is 11.4 Å². The van der Waals surface area contributed by atoms with E-state index in [0.717, 1.165) is 31.4 Å². The van der Waals surface area contributed by atoms with Crippen LogP contribution in [0.5, 0.6) is 5.75 Å². The number of hydrogen-bond donors (Lipinski definition) is 0. The van der Waals surface area contributed by atoms with Crippen molar-refractivity contribution in [1.82, 2.24) is 14.1 Å². The van der Waals surface area contributed by atoms with Crippen LogP contribution in [-0.4, -0.2) is 56.7 Å². The quantitative estimate of drug-likeness (QED) is 0.205. The molecule has 0 radical (unpaired) electrons. The Kier molecular flexibility index (Phi) is 10.1. The van der Waals surface area contributed by atoms with Crippen molar-refractivity contribution in [3.63, 3.8) is 0 Å². The number of hydrogen-bond acceptors (Lipinski definition) is 6. The summed E-state index contributed by atoms with van der Waals surface area (Å²) in [4.78, 5) is 16.0. The highest BCUT2D eigenvalue weighted by atomic mass is 35.5. The Labute approximate surface area is 245 Å². The van der Waals surface area contributed by atoms with Crippen LogP contribution in [0.1, 0.15) is 56.6 Å². The highest BCUT2D eigenvalue weighted by molar-refractivity contribution is 7.89. The molecule has 2 aromatic carbocycles. The summed E-state index contributed by atoms with van der Waals surface area (Å²) in [5.41, 5.74) is 3.52. The normalized spacial score (nSPS) is 16.7. The molecule has 9 heteroatoms. The highest BCUT2D eigenvalue weighted by Crippen LogP contribution is 2.31. The Balaban J connectivity index is 1.30. The van der Waals surface area contributed by atoms with Crippen molar-refractivity contribution in [1.29, 1.82) is 0 Å². The molecule has 1 aliphatic heterocycles. The van der Waals surface area contributed by atoms with Gasteiger partial charge in [0.05, 0.1) is 25.0 Å². The maximum atomic E-state index is 13.8. The largest absolute Gasteiger partial charge is 0.598 e. The van der Waals surface area contributed by atoms with Crippen LogP contribution >= 0.6 is 11.6 Å². The maximum absolute atomic E-state index is 13.8. The number of anilines is 1. The summed E-state index contributed by atoms with van der Waals surface area (Å²) in [5, 5.41) is 5.05. The van der Waals surface area contributed by atoms with Crippen LogP contribution in [0, 0.1) is 0 Å². The fourth-order valence-electron chi connectivity index (χ4n) is 5.59. The summed E-state index contributed by atoms with van der Waals surface area (Å²) in [6.45, 7) is 4.89. The van der Waals surface area contributed by atoms with E-state index in [4.69, 9.17) is 16.3 Å². The number of rotatable bonds is 12. The first-order valence-electron chi connectivity index (χ1n) is 14.5. The smallest absolute Gasteiger partial charge is 0.316 e. The molecule has 40 heavy (non-hydrogen) atoms.